The zero-order chi connectivity index (χ0) is 15.1. The molecule has 2 aromatic rings. The standard InChI is InChI=1S/C14H20N6O/c1-20-10-17-18-13(20)7-8-16-9-12(14(15)19-21)11-5-3-2-4-6-11/h2-6,10,12,16,21H,7-9H2,1H3,(H2,15,19). The van der Waals surface area contributed by atoms with Gasteiger partial charge in [-0.2, -0.15) is 0 Å². The average molecular weight is 288 g/mol. The van der Waals surface area contributed by atoms with Crippen molar-refractivity contribution in [1.29, 1.82) is 0 Å². The van der Waals surface area contributed by atoms with Crippen LogP contribution in [0.4, 0.5) is 0 Å². The molecule has 0 spiro atoms. The topological polar surface area (TPSA) is 101 Å². The summed E-state index contributed by atoms with van der Waals surface area (Å²) < 4.78 is 1.89. The van der Waals surface area contributed by atoms with Crippen LogP contribution in [0.25, 0.3) is 0 Å². The van der Waals surface area contributed by atoms with Crippen LogP contribution in [0.5, 0.6) is 0 Å². The van der Waals surface area contributed by atoms with Crippen LogP contribution >= 0.6 is 0 Å². The molecule has 7 nitrogen and oxygen atoms in total. The molecule has 0 aliphatic rings. The predicted molar refractivity (Wildman–Crippen MR) is 80.2 cm³/mol. The molecule has 112 valence electrons. The third kappa shape index (κ3) is 4.03. The summed E-state index contributed by atoms with van der Waals surface area (Å²) in [5, 5.41) is 23.2. The number of hydrogen-bond donors (Lipinski definition) is 3. The van der Waals surface area contributed by atoms with E-state index in [-0.39, 0.29) is 11.8 Å². The first kappa shape index (κ1) is 15.0. The van der Waals surface area contributed by atoms with Gasteiger partial charge in [0.1, 0.15) is 18.0 Å². The van der Waals surface area contributed by atoms with Crippen molar-refractivity contribution >= 4 is 5.84 Å². The van der Waals surface area contributed by atoms with E-state index in [1.165, 1.54) is 0 Å². The molecule has 21 heavy (non-hydrogen) atoms. The third-order valence-corrected chi connectivity index (χ3v) is 3.35. The molecule has 1 unspecified atom stereocenters. The molecule has 0 amide bonds. The van der Waals surface area contributed by atoms with Crippen LogP contribution in [0.1, 0.15) is 17.3 Å². The largest absolute Gasteiger partial charge is 0.409 e. The minimum absolute atomic E-state index is 0.157. The van der Waals surface area contributed by atoms with Gasteiger partial charge in [0.05, 0.1) is 5.92 Å². The van der Waals surface area contributed by atoms with Crippen LogP contribution in [0.3, 0.4) is 0 Å². The molecule has 0 aliphatic carbocycles. The molecule has 1 aromatic heterocycles. The summed E-state index contributed by atoms with van der Waals surface area (Å²) in [7, 11) is 1.92. The Kier molecular flexibility index (Phi) is 5.28. The maximum atomic E-state index is 8.92. The molecule has 4 N–H and O–H groups in total. The Bertz CT molecular complexity index is 580. The summed E-state index contributed by atoms with van der Waals surface area (Å²) >= 11 is 0. The number of nitrogens with zero attached hydrogens (tertiary/aromatic N) is 4. The smallest absolute Gasteiger partial charge is 0.147 e. The Hall–Kier alpha value is -2.41. The fourth-order valence-corrected chi connectivity index (χ4v) is 2.13. The number of nitrogens with two attached hydrogens (primary N) is 1. The monoisotopic (exact) mass is 288 g/mol. The zero-order valence-electron chi connectivity index (χ0n) is 12.0. The van der Waals surface area contributed by atoms with Gasteiger partial charge in [0, 0.05) is 26.6 Å². The summed E-state index contributed by atoms with van der Waals surface area (Å²) in [6.07, 6.45) is 2.45. The van der Waals surface area contributed by atoms with E-state index in [0.29, 0.717) is 6.54 Å². The van der Waals surface area contributed by atoms with Crippen molar-refractivity contribution in [1.82, 2.24) is 20.1 Å². The highest BCUT2D eigenvalue weighted by Gasteiger charge is 2.16. The Morgan fingerprint density at radius 2 is 2.19 bits per heavy atom. The molecule has 7 heteroatoms. The van der Waals surface area contributed by atoms with Crippen molar-refractivity contribution < 1.29 is 5.21 Å². The number of nitrogens with one attached hydrogen (secondary N) is 1. The highest BCUT2D eigenvalue weighted by atomic mass is 16.4. The Morgan fingerprint density at radius 1 is 1.43 bits per heavy atom. The number of amidine groups is 1. The van der Waals surface area contributed by atoms with E-state index in [1.54, 1.807) is 6.33 Å². The summed E-state index contributed by atoms with van der Waals surface area (Å²) in [5.41, 5.74) is 6.80. The molecule has 1 heterocycles. The first-order chi connectivity index (χ1) is 10.2. The van der Waals surface area contributed by atoms with Crippen molar-refractivity contribution in [3.05, 3.63) is 48.0 Å². The van der Waals surface area contributed by atoms with Gasteiger partial charge >= 0.3 is 0 Å². The van der Waals surface area contributed by atoms with Crippen LogP contribution in [0, 0.1) is 0 Å². The number of rotatable bonds is 7. The quantitative estimate of drug-likeness (QED) is 0.226. The predicted octanol–water partition coefficient (Wildman–Crippen LogP) is 0.477. The van der Waals surface area contributed by atoms with Gasteiger partial charge in [-0.3, -0.25) is 0 Å². The van der Waals surface area contributed by atoms with Crippen LogP contribution in [-0.4, -0.2) is 38.9 Å². The van der Waals surface area contributed by atoms with E-state index >= 15 is 0 Å². The molecule has 1 atom stereocenters. The van der Waals surface area contributed by atoms with Gasteiger partial charge in [-0.1, -0.05) is 35.5 Å². The molecule has 0 saturated heterocycles. The van der Waals surface area contributed by atoms with Crippen LogP contribution in [0.15, 0.2) is 41.8 Å². The Labute approximate surface area is 123 Å². The van der Waals surface area contributed by atoms with Crippen molar-refractivity contribution in [2.75, 3.05) is 13.1 Å². The Balaban J connectivity index is 1.90. The fourth-order valence-electron chi connectivity index (χ4n) is 2.13. The van der Waals surface area contributed by atoms with E-state index in [9.17, 15) is 0 Å². The van der Waals surface area contributed by atoms with E-state index in [2.05, 4.69) is 20.7 Å². The van der Waals surface area contributed by atoms with Gasteiger partial charge in [-0.05, 0) is 5.56 Å². The van der Waals surface area contributed by atoms with Crippen molar-refractivity contribution in [3.8, 4) is 0 Å². The van der Waals surface area contributed by atoms with E-state index in [1.807, 2.05) is 41.9 Å². The maximum absolute atomic E-state index is 8.92. The molecule has 2 rings (SSSR count). The van der Waals surface area contributed by atoms with Gasteiger partial charge in [0.25, 0.3) is 0 Å². The first-order valence-corrected chi connectivity index (χ1v) is 6.78. The molecule has 0 saturated carbocycles. The van der Waals surface area contributed by atoms with E-state index in [4.69, 9.17) is 10.9 Å². The van der Waals surface area contributed by atoms with Gasteiger partial charge in [0.2, 0.25) is 0 Å². The second-order valence-corrected chi connectivity index (χ2v) is 4.80. The summed E-state index contributed by atoms with van der Waals surface area (Å²) in [6.45, 7) is 1.34. The zero-order valence-corrected chi connectivity index (χ0v) is 12.0. The van der Waals surface area contributed by atoms with Gasteiger partial charge in [0.15, 0.2) is 0 Å². The van der Waals surface area contributed by atoms with Crippen molar-refractivity contribution in [2.24, 2.45) is 17.9 Å². The molecule has 0 aliphatic heterocycles. The lowest BCUT2D eigenvalue weighted by molar-refractivity contribution is 0.315. The first-order valence-electron chi connectivity index (χ1n) is 6.78. The minimum Gasteiger partial charge on any atom is -0.409 e. The molecule has 0 radical (unpaired) electrons. The van der Waals surface area contributed by atoms with Gasteiger partial charge in [-0.25, -0.2) is 0 Å². The number of benzene rings is 1. The SMILES string of the molecule is Cn1cnnc1CCNCC(C(N)=NO)c1ccccc1. The summed E-state index contributed by atoms with van der Waals surface area (Å²) in [6, 6.07) is 9.74. The lowest BCUT2D eigenvalue weighted by atomic mass is 9.98. The number of aryl methyl sites for hydroxylation is 1. The number of aromatic nitrogens is 3. The molecular formula is C14H20N6O. The van der Waals surface area contributed by atoms with E-state index < -0.39 is 0 Å². The Morgan fingerprint density at radius 3 is 2.81 bits per heavy atom. The minimum atomic E-state index is -0.157. The summed E-state index contributed by atoms with van der Waals surface area (Å²) in [5.74, 6) is 0.964. The maximum Gasteiger partial charge on any atom is 0.147 e. The van der Waals surface area contributed by atoms with Gasteiger partial charge in [-0.15, -0.1) is 10.2 Å². The van der Waals surface area contributed by atoms with Crippen LogP contribution in [0.2, 0.25) is 0 Å². The fraction of sp³-hybridized carbons (Fsp3) is 0.357. The summed E-state index contributed by atoms with van der Waals surface area (Å²) in [4.78, 5) is 0. The lowest BCUT2D eigenvalue weighted by Crippen LogP contribution is -2.32. The molecular weight excluding hydrogens is 268 g/mol. The third-order valence-electron chi connectivity index (χ3n) is 3.35. The molecule has 0 fully saturated rings. The van der Waals surface area contributed by atoms with E-state index in [0.717, 1.165) is 24.4 Å². The normalized spacial score (nSPS) is 13.3. The molecule has 0 bridgehead atoms. The van der Waals surface area contributed by atoms with Crippen LogP contribution in [-0.2, 0) is 13.5 Å². The lowest BCUT2D eigenvalue weighted by Gasteiger charge is -2.16. The second kappa shape index (κ2) is 7.39. The second-order valence-electron chi connectivity index (χ2n) is 4.80. The highest BCUT2D eigenvalue weighted by molar-refractivity contribution is 5.87. The molecule has 1 aromatic carbocycles. The average Bonchev–Trinajstić information content (AvgIpc) is 2.93. The number of hydrogen-bond acceptors (Lipinski definition) is 5. The van der Waals surface area contributed by atoms with Gasteiger partial charge < -0.3 is 20.8 Å². The van der Waals surface area contributed by atoms with Crippen molar-refractivity contribution in [3.63, 3.8) is 0 Å². The van der Waals surface area contributed by atoms with Crippen LogP contribution < -0.4 is 11.1 Å². The number of oxime groups is 1. The highest BCUT2D eigenvalue weighted by Crippen LogP contribution is 2.14. The van der Waals surface area contributed by atoms with Crippen molar-refractivity contribution in [2.45, 2.75) is 12.3 Å².